The van der Waals surface area contributed by atoms with E-state index in [-0.39, 0.29) is 5.54 Å². The molecular formula is C20H25N5S. The molecule has 1 aromatic carbocycles. The van der Waals surface area contributed by atoms with Gasteiger partial charge in [-0.15, -0.1) is 11.3 Å². The number of fused-ring (bicyclic) bond motifs is 1. The molecule has 0 unspecified atom stereocenters. The number of hydrogen-bond donors (Lipinski definition) is 2. The number of nitrogens with zero attached hydrogens (tertiary/aromatic N) is 3. The standard InChI is InChI=1S/C20H25N5S/c1-12-11-17(15-9-7-8-10-16(15)21-12)23-18(25-20(4,5)6)24-19-22-13(2)14(3)26-19/h7-11H,1-6H3,(H2,21,22,23,24,25). The molecule has 0 bridgehead atoms. The molecule has 0 spiro atoms. The quantitative estimate of drug-likeness (QED) is 0.477. The van der Waals surface area contributed by atoms with Gasteiger partial charge in [0.2, 0.25) is 5.96 Å². The van der Waals surface area contributed by atoms with Gasteiger partial charge in [-0.1, -0.05) is 18.2 Å². The Labute approximate surface area is 158 Å². The Morgan fingerprint density at radius 1 is 1.04 bits per heavy atom. The van der Waals surface area contributed by atoms with E-state index in [1.807, 2.05) is 38.1 Å². The van der Waals surface area contributed by atoms with Crippen molar-refractivity contribution in [2.24, 2.45) is 4.99 Å². The molecule has 6 heteroatoms. The second-order valence-corrected chi connectivity index (χ2v) is 8.57. The fourth-order valence-electron chi connectivity index (χ4n) is 2.59. The highest BCUT2D eigenvalue weighted by molar-refractivity contribution is 7.15. The maximum absolute atomic E-state index is 4.82. The Bertz CT molecular complexity index is 946. The first-order valence-electron chi connectivity index (χ1n) is 8.65. The molecule has 0 fully saturated rings. The lowest BCUT2D eigenvalue weighted by Crippen LogP contribution is -2.27. The number of benzene rings is 1. The number of aliphatic imine (C=N–C) groups is 1. The molecule has 2 heterocycles. The van der Waals surface area contributed by atoms with Crippen LogP contribution < -0.4 is 10.6 Å². The fraction of sp³-hybridized carbons (Fsp3) is 0.350. The lowest BCUT2D eigenvalue weighted by atomic mass is 10.1. The van der Waals surface area contributed by atoms with Gasteiger partial charge in [0.05, 0.1) is 22.4 Å². The largest absolute Gasteiger partial charge is 0.325 e. The summed E-state index contributed by atoms with van der Waals surface area (Å²) in [5.74, 6) is 0.682. The van der Waals surface area contributed by atoms with Gasteiger partial charge in [0, 0.05) is 16.0 Å². The van der Waals surface area contributed by atoms with Crippen molar-refractivity contribution in [2.45, 2.75) is 47.1 Å². The normalized spacial score (nSPS) is 12.5. The summed E-state index contributed by atoms with van der Waals surface area (Å²) in [6.07, 6.45) is 0. The zero-order valence-electron chi connectivity index (χ0n) is 16.1. The van der Waals surface area contributed by atoms with Gasteiger partial charge >= 0.3 is 0 Å². The first-order chi connectivity index (χ1) is 12.2. The van der Waals surface area contributed by atoms with E-state index in [1.165, 1.54) is 4.88 Å². The predicted molar refractivity (Wildman–Crippen MR) is 113 cm³/mol. The summed E-state index contributed by atoms with van der Waals surface area (Å²) in [6, 6.07) is 10.2. The molecule has 0 radical (unpaired) electrons. The molecule has 0 saturated carbocycles. The molecule has 2 aromatic heterocycles. The van der Waals surface area contributed by atoms with Gasteiger partial charge in [0.25, 0.3) is 0 Å². The van der Waals surface area contributed by atoms with Gasteiger partial charge in [0.15, 0.2) is 5.13 Å². The molecule has 26 heavy (non-hydrogen) atoms. The number of para-hydroxylation sites is 1. The second-order valence-electron chi connectivity index (χ2n) is 7.37. The highest BCUT2D eigenvalue weighted by Crippen LogP contribution is 2.25. The van der Waals surface area contributed by atoms with Gasteiger partial charge in [-0.3, -0.25) is 4.98 Å². The fourth-order valence-corrected chi connectivity index (χ4v) is 3.40. The summed E-state index contributed by atoms with van der Waals surface area (Å²) in [6.45, 7) is 12.3. The first-order valence-corrected chi connectivity index (χ1v) is 9.47. The third-order valence-corrected chi connectivity index (χ3v) is 4.79. The minimum atomic E-state index is -0.228. The minimum absolute atomic E-state index is 0.228. The molecular weight excluding hydrogens is 342 g/mol. The number of aryl methyl sites for hydroxylation is 3. The number of anilines is 2. The summed E-state index contributed by atoms with van der Waals surface area (Å²) >= 11 is 1.63. The summed E-state index contributed by atoms with van der Waals surface area (Å²) < 4.78 is 0. The summed E-state index contributed by atoms with van der Waals surface area (Å²) in [5.41, 5.74) is 3.72. The van der Waals surface area contributed by atoms with Crippen LogP contribution >= 0.6 is 11.3 Å². The van der Waals surface area contributed by atoms with Gasteiger partial charge in [0.1, 0.15) is 0 Å². The Kier molecular flexibility index (Phi) is 4.96. The van der Waals surface area contributed by atoms with Crippen LogP contribution in [0, 0.1) is 20.8 Å². The van der Waals surface area contributed by atoms with Crippen molar-refractivity contribution in [1.29, 1.82) is 0 Å². The van der Waals surface area contributed by atoms with Crippen LogP contribution in [0.25, 0.3) is 10.9 Å². The van der Waals surface area contributed by atoms with E-state index >= 15 is 0 Å². The average Bonchev–Trinajstić information content (AvgIpc) is 2.83. The molecule has 5 nitrogen and oxygen atoms in total. The number of nitrogens with one attached hydrogen (secondary N) is 2. The van der Waals surface area contributed by atoms with Crippen molar-refractivity contribution in [3.8, 4) is 0 Å². The maximum atomic E-state index is 4.82. The Morgan fingerprint density at radius 2 is 1.77 bits per heavy atom. The number of pyridine rings is 1. The van der Waals surface area contributed by atoms with E-state index in [2.05, 4.69) is 54.4 Å². The van der Waals surface area contributed by atoms with Gasteiger partial charge in [-0.25, -0.2) is 9.98 Å². The Morgan fingerprint density at radius 3 is 2.42 bits per heavy atom. The predicted octanol–water partition coefficient (Wildman–Crippen LogP) is 5.30. The van der Waals surface area contributed by atoms with Gasteiger partial charge in [-0.05, 0) is 53.7 Å². The highest BCUT2D eigenvalue weighted by Gasteiger charge is 2.14. The van der Waals surface area contributed by atoms with Crippen molar-refractivity contribution in [1.82, 2.24) is 9.97 Å². The van der Waals surface area contributed by atoms with E-state index in [0.29, 0.717) is 5.96 Å². The summed E-state index contributed by atoms with van der Waals surface area (Å²) in [7, 11) is 0. The third-order valence-electron chi connectivity index (χ3n) is 3.80. The van der Waals surface area contributed by atoms with E-state index in [9.17, 15) is 0 Å². The van der Waals surface area contributed by atoms with Crippen LogP contribution in [0.5, 0.6) is 0 Å². The van der Waals surface area contributed by atoms with Crippen LogP contribution in [-0.2, 0) is 0 Å². The Balaban J connectivity index is 2.00. The molecule has 3 rings (SSSR count). The van der Waals surface area contributed by atoms with E-state index in [4.69, 9.17) is 4.99 Å². The average molecular weight is 368 g/mol. The van der Waals surface area contributed by atoms with Crippen molar-refractivity contribution in [2.75, 3.05) is 10.6 Å². The smallest absolute Gasteiger partial charge is 0.202 e. The van der Waals surface area contributed by atoms with Crippen LogP contribution in [0.3, 0.4) is 0 Å². The number of hydrogen-bond acceptors (Lipinski definition) is 4. The molecule has 0 atom stereocenters. The van der Waals surface area contributed by atoms with E-state index < -0.39 is 0 Å². The van der Waals surface area contributed by atoms with Crippen LogP contribution in [0.15, 0.2) is 35.3 Å². The zero-order chi connectivity index (χ0) is 18.9. The molecule has 136 valence electrons. The molecule has 0 amide bonds. The lowest BCUT2D eigenvalue weighted by molar-refractivity contribution is 0.583. The van der Waals surface area contributed by atoms with Crippen LogP contribution in [-0.4, -0.2) is 21.5 Å². The number of aromatic nitrogens is 2. The summed E-state index contributed by atoms with van der Waals surface area (Å²) in [5, 5.41) is 8.72. The molecule has 0 aliphatic rings. The summed E-state index contributed by atoms with van der Waals surface area (Å²) in [4.78, 5) is 15.2. The van der Waals surface area contributed by atoms with Gasteiger partial charge in [-0.2, -0.15) is 0 Å². The van der Waals surface area contributed by atoms with Gasteiger partial charge < -0.3 is 10.6 Å². The van der Waals surface area contributed by atoms with Crippen LogP contribution in [0.4, 0.5) is 10.8 Å². The van der Waals surface area contributed by atoms with Crippen molar-refractivity contribution >= 4 is 39.0 Å². The molecule has 0 aliphatic heterocycles. The number of thiazole rings is 1. The molecule has 3 aromatic rings. The SMILES string of the molecule is Cc1cc(NC(=NC(C)(C)C)Nc2nc(C)c(C)s2)c2ccccc2n1. The number of guanidine groups is 1. The monoisotopic (exact) mass is 367 g/mol. The van der Waals surface area contributed by atoms with Crippen molar-refractivity contribution in [3.05, 3.63) is 46.6 Å². The lowest BCUT2D eigenvalue weighted by Gasteiger charge is -2.18. The third kappa shape index (κ3) is 4.38. The van der Waals surface area contributed by atoms with Crippen LogP contribution in [0.1, 0.15) is 37.0 Å². The topological polar surface area (TPSA) is 62.2 Å². The minimum Gasteiger partial charge on any atom is -0.325 e. The maximum Gasteiger partial charge on any atom is 0.202 e. The number of rotatable bonds is 2. The highest BCUT2D eigenvalue weighted by atomic mass is 32.1. The second kappa shape index (κ2) is 7.03. The molecule has 0 aliphatic carbocycles. The first kappa shape index (κ1) is 18.3. The van der Waals surface area contributed by atoms with Crippen molar-refractivity contribution < 1.29 is 0 Å². The van der Waals surface area contributed by atoms with Crippen LogP contribution in [0.2, 0.25) is 0 Å². The Hall–Kier alpha value is -2.47. The zero-order valence-corrected chi connectivity index (χ0v) is 17.0. The molecule has 0 saturated heterocycles. The van der Waals surface area contributed by atoms with E-state index in [1.54, 1.807) is 11.3 Å². The molecule has 2 N–H and O–H groups in total. The van der Waals surface area contributed by atoms with Crippen molar-refractivity contribution in [3.63, 3.8) is 0 Å². The van der Waals surface area contributed by atoms with E-state index in [0.717, 1.165) is 33.1 Å².